The van der Waals surface area contributed by atoms with Crippen molar-refractivity contribution in [3.8, 4) is 0 Å². The quantitative estimate of drug-likeness (QED) is 0.804. The molecule has 2 aliphatic rings. The zero-order chi connectivity index (χ0) is 14.8. The highest BCUT2D eigenvalue weighted by Crippen LogP contribution is 2.37. The first-order valence-electron chi connectivity index (χ1n) is 8.10. The number of likely N-dealkylation sites (tertiary alicyclic amines) is 1. The molecule has 0 spiro atoms. The van der Waals surface area contributed by atoms with E-state index in [2.05, 4.69) is 31.0 Å². The molecule has 116 valence electrons. The summed E-state index contributed by atoms with van der Waals surface area (Å²) in [7, 11) is 1.50. The van der Waals surface area contributed by atoms with Crippen LogP contribution < -0.4 is 5.32 Å². The van der Waals surface area contributed by atoms with E-state index in [1.807, 2.05) is 0 Å². The summed E-state index contributed by atoms with van der Waals surface area (Å²) in [6.45, 7) is 7.71. The van der Waals surface area contributed by atoms with E-state index in [1.165, 1.54) is 32.9 Å². The monoisotopic (exact) mass is 282 g/mol. The molecule has 1 aliphatic heterocycles. The predicted molar refractivity (Wildman–Crippen MR) is 80.7 cm³/mol. The Labute approximate surface area is 123 Å². The Balaban J connectivity index is 2.08. The van der Waals surface area contributed by atoms with E-state index in [0.717, 1.165) is 19.3 Å². The summed E-state index contributed by atoms with van der Waals surface area (Å²) in [5.41, 5.74) is -0.468. The molecule has 2 rings (SSSR count). The van der Waals surface area contributed by atoms with Gasteiger partial charge in [0.2, 0.25) is 0 Å². The molecule has 0 bridgehead atoms. The van der Waals surface area contributed by atoms with Crippen LogP contribution in [0.25, 0.3) is 0 Å². The normalized spacial score (nSPS) is 35.5. The molecule has 1 N–H and O–H groups in total. The van der Waals surface area contributed by atoms with Crippen molar-refractivity contribution >= 4 is 5.97 Å². The van der Waals surface area contributed by atoms with Crippen LogP contribution >= 0.6 is 0 Å². The number of carbonyl (C=O) groups excluding carboxylic acids is 1. The number of piperidine rings is 1. The lowest BCUT2D eigenvalue weighted by molar-refractivity contribution is -0.149. The number of ether oxygens (including phenoxy) is 1. The highest BCUT2D eigenvalue weighted by Gasteiger charge is 2.48. The fourth-order valence-corrected chi connectivity index (χ4v) is 4.09. The lowest BCUT2D eigenvalue weighted by Gasteiger charge is -2.39. The summed E-state index contributed by atoms with van der Waals surface area (Å²) in [6, 6.07) is 1.48. The molecule has 4 nitrogen and oxygen atoms in total. The first-order chi connectivity index (χ1) is 9.48. The Morgan fingerprint density at radius 1 is 1.35 bits per heavy atom. The second kappa shape index (κ2) is 6.44. The average Bonchev–Trinajstić information content (AvgIpc) is 2.82. The van der Waals surface area contributed by atoms with Crippen LogP contribution in [0.5, 0.6) is 0 Å². The summed E-state index contributed by atoms with van der Waals surface area (Å²) in [5, 5.41) is 3.49. The van der Waals surface area contributed by atoms with Gasteiger partial charge in [0, 0.05) is 18.1 Å². The highest BCUT2D eigenvalue weighted by molar-refractivity contribution is 5.81. The van der Waals surface area contributed by atoms with Crippen LogP contribution in [-0.2, 0) is 9.53 Å². The fourth-order valence-electron chi connectivity index (χ4n) is 4.09. The summed E-state index contributed by atoms with van der Waals surface area (Å²) in [6.07, 6.45) is 6.81. The summed E-state index contributed by atoms with van der Waals surface area (Å²) >= 11 is 0. The van der Waals surface area contributed by atoms with Gasteiger partial charge in [-0.1, -0.05) is 6.42 Å². The maximum atomic E-state index is 12.3. The number of carbonyl (C=O) groups is 1. The van der Waals surface area contributed by atoms with Gasteiger partial charge in [0.15, 0.2) is 0 Å². The number of nitrogens with zero attached hydrogens (tertiary/aromatic N) is 1. The van der Waals surface area contributed by atoms with Gasteiger partial charge < -0.3 is 4.74 Å². The molecule has 3 unspecified atom stereocenters. The molecule has 1 saturated carbocycles. The molecule has 20 heavy (non-hydrogen) atoms. The molecule has 4 heteroatoms. The molecule has 0 aromatic heterocycles. The van der Waals surface area contributed by atoms with E-state index in [1.54, 1.807) is 0 Å². The van der Waals surface area contributed by atoms with Gasteiger partial charge in [-0.2, -0.15) is 0 Å². The van der Waals surface area contributed by atoms with Crippen LogP contribution in [0.4, 0.5) is 0 Å². The third kappa shape index (κ3) is 3.17. The molecular formula is C16H30N2O2. The predicted octanol–water partition coefficient (Wildman–Crippen LogP) is 2.32. The van der Waals surface area contributed by atoms with Crippen molar-refractivity contribution in [2.45, 2.75) is 83.0 Å². The van der Waals surface area contributed by atoms with Crippen LogP contribution in [0.2, 0.25) is 0 Å². The first-order valence-corrected chi connectivity index (χ1v) is 8.10. The van der Waals surface area contributed by atoms with Gasteiger partial charge in [-0.05, 0) is 59.4 Å². The Bertz CT molecular complexity index is 345. The van der Waals surface area contributed by atoms with E-state index in [0.29, 0.717) is 18.1 Å². The molecule has 2 fully saturated rings. The van der Waals surface area contributed by atoms with Crippen LogP contribution in [0, 0.1) is 0 Å². The Hall–Kier alpha value is -0.610. The third-order valence-electron chi connectivity index (χ3n) is 4.95. The van der Waals surface area contributed by atoms with Crippen LogP contribution in [0.1, 0.15) is 59.3 Å². The minimum atomic E-state index is -0.468. The molecule has 0 aromatic rings. The summed E-state index contributed by atoms with van der Waals surface area (Å²) < 4.78 is 5.08. The molecule has 0 radical (unpaired) electrons. The molecular weight excluding hydrogens is 252 g/mol. The lowest BCUT2D eigenvalue weighted by atomic mass is 9.94. The van der Waals surface area contributed by atoms with Gasteiger partial charge in [-0.25, -0.2) is 0 Å². The van der Waals surface area contributed by atoms with Gasteiger partial charge >= 0.3 is 5.97 Å². The van der Waals surface area contributed by atoms with E-state index in [4.69, 9.17) is 4.74 Å². The topological polar surface area (TPSA) is 41.6 Å². The van der Waals surface area contributed by atoms with Crippen LogP contribution in [-0.4, -0.2) is 48.2 Å². The Kier molecular flexibility index (Phi) is 5.08. The van der Waals surface area contributed by atoms with Crippen molar-refractivity contribution < 1.29 is 9.53 Å². The summed E-state index contributed by atoms with van der Waals surface area (Å²) in [5.74, 6) is -0.0848. The average molecular weight is 282 g/mol. The maximum Gasteiger partial charge on any atom is 0.326 e. The van der Waals surface area contributed by atoms with E-state index < -0.39 is 5.54 Å². The fraction of sp³-hybridized carbons (Fsp3) is 0.938. The van der Waals surface area contributed by atoms with E-state index in [-0.39, 0.29) is 5.97 Å². The van der Waals surface area contributed by atoms with Crippen molar-refractivity contribution in [1.29, 1.82) is 0 Å². The number of methoxy groups -OCH3 is 1. The van der Waals surface area contributed by atoms with Gasteiger partial charge in [-0.3, -0.25) is 15.0 Å². The zero-order valence-corrected chi connectivity index (χ0v) is 13.4. The van der Waals surface area contributed by atoms with Crippen molar-refractivity contribution in [1.82, 2.24) is 10.2 Å². The smallest absolute Gasteiger partial charge is 0.326 e. The minimum Gasteiger partial charge on any atom is -0.468 e. The van der Waals surface area contributed by atoms with Crippen molar-refractivity contribution in [3.05, 3.63) is 0 Å². The maximum absolute atomic E-state index is 12.3. The van der Waals surface area contributed by atoms with Gasteiger partial charge in [0.1, 0.15) is 5.54 Å². The molecule has 0 aromatic carbocycles. The molecule has 1 aliphatic carbocycles. The van der Waals surface area contributed by atoms with Gasteiger partial charge in [0.05, 0.1) is 7.11 Å². The van der Waals surface area contributed by atoms with E-state index in [9.17, 15) is 4.79 Å². The zero-order valence-electron chi connectivity index (χ0n) is 13.4. The second-order valence-corrected chi connectivity index (χ2v) is 6.85. The SMILES string of the molecule is COC(=O)C1(NC(C)C)CCC(N2CCCCC2C)C1. The van der Waals surface area contributed by atoms with Gasteiger partial charge in [0.25, 0.3) is 0 Å². The largest absolute Gasteiger partial charge is 0.468 e. The number of hydrogen-bond acceptors (Lipinski definition) is 4. The lowest BCUT2D eigenvalue weighted by Crippen LogP contribution is -2.55. The number of esters is 1. The molecule has 0 amide bonds. The number of rotatable bonds is 4. The minimum absolute atomic E-state index is 0.0848. The second-order valence-electron chi connectivity index (χ2n) is 6.85. The van der Waals surface area contributed by atoms with E-state index >= 15 is 0 Å². The number of hydrogen-bond donors (Lipinski definition) is 1. The van der Waals surface area contributed by atoms with Crippen LogP contribution in [0.3, 0.4) is 0 Å². The van der Waals surface area contributed by atoms with Crippen molar-refractivity contribution in [2.24, 2.45) is 0 Å². The molecule has 1 saturated heterocycles. The van der Waals surface area contributed by atoms with Crippen molar-refractivity contribution in [3.63, 3.8) is 0 Å². The van der Waals surface area contributed by atoms with Crippen molar-refractivity contribution in [2.75, 3.05) is 13.7 Å². The Morgan fingerprint density at radius 2 is 2.10 bits per heavy atom. The third-order valence-corrected chi connectivity index (χ3v) is 4.95. The molecule has 1 heterocycles. The standard InChI is InChI=1S/C16H30N2O2/c1-12(2)17-16(15(19)20-4)9-8-14(11-16)18-10-6-5-7-13(18)3/h12-14,17H,5-11H2,1-4H3. The summed E-state index contributed by atoms with van der Waals surface area (Å²) in [4.78, 5) is 14.9. The molecule has 3 atom stereocenters. The Morgan fingerprint density at radius 3 is 2.70 bits per heavy atom. The highest BCUT2D eigenvalue weighted by atomic mass is 16.5. The van der Waals surface area contributed by atoms with Gasteiger partial charge in [-0.15, -0.1) is 0 Å². The number of nitrogens with one attached hydrogen (secondary N) is 1. The van der Waals surface area contributed by atoms with Crippen LogP contribution in [0.15, 0.2) is 0 Å². The first kappa shape index (κ1) is 15.8.